The monoisotopic (exact) mass is 446 g/mol. The molecule has 0 fully saturated rings. The zero-order valence-corrected chi connectivity index (χ0v) is 17.6. The molecule has 0 amide bonds. The lowest BCUT2D eigenvalue weighted by atomic mass is 10.2. The Balaban J connectivity index is 1.62. The molecule has 0 saturated carbocycles. The minimum atomic E-state index is -4.55. The van der Waals surface area contributed by atoms with Gasteiger partial charge in [0.2, 0.25) is 5.95 Å². The van der Waals surface area contributed by atoms with E-state index < -0.39 is 11.7 Å². The largest absolute Gasteiger partial charge is 0.417 e. The Morgan fingerprint density at radius 1 is 1.10 bits per heavy atom. The van der Waals surface area contributed by atoms with Gasteiger partial charge in [-0.2, -0.15) is 23.3 Å². The van der Waals surface area contributed by atoms with E-state index in [2.05, 4.69) is 20.4 Å². The van der Waals surface area contributed by atoms with Crippen LogP contribution in [0, 0.1) is 6.92 Å². The smallest absolute Gasteiger partial charge is 0.329 e. The van der Waals surface area contributed by atoms with Gasteiger partial charge in [0.1, 0.15) is 5.82 Å². The second-order valence-electron chi connectivity index (χ2n) is 7.03. The van der Waals surface area contributed by atoms with Crippen LogP contribution < -0.4 is 10.2 Å². The van der Waals surface area contributed by atoms with E-state index in [1.54, 1.807) is 6.07 Å². The molecule has 0 unspecified atom stereocenters. The summed E-state index contributed by atoms with van der Waals surface area (Å²) in [5.41, 5.74) is 2.08. The van der Waals surface area contributed by atoms with Gasteiger partial charge in [-0.3, -0.25) is 4.68 Å². The number of halogens is 4. The maximum absolute atomic E-state index is 13.1. The van der Waals surface area contributed by atoms with Crippen LogP contribution >= 0.6 is 11.6 Å². The van der Waals surface area contributed by atoms with Crippen molar-refractivity contribution in [3.63, 3.8) is 0 Å². The zero-order chi connectivity index (χ0) is 22.3. The molecule has 0 aliphatic rings. The summed E-state index contributed by atoms with van der Waals surface area (Å²) in [6.45, 7) is 1.99. The summed E-state index contributed by atoms with van der Waals surface area (Å²) in [6, 6.07) is 11.2. The van der Waals surface area contributed by atoms with Crippen LogP contribution in [0.2, 0.25) is 5.02 Å². The Hall–Kier alpha value is -3.33. The number of aryl methyl sites for hydroxylation is 2. The van der Waals surface area contributed by atoms with Gasteiger partial charge in [0.15, 0.2) is 0 Å². The van der Waals surface area contributed by atoms with Gasteiger partial charge in [-0.25, -0.2) is 4.98 Å². The van der Waals surface area contributed by atoms with Gasteiger partial charge >= 0.3 is 6.18 Å². The Morgan fingerprint density at radius 2 is 1.87 bits per heavy atom. The van der Waals surface area contributed by atoms with Gasteiger partial charge < -0.3 is 10.2 Å². The number of rotatable bonds is 4. The van der Waals surface area contributed by atoms with E-state index in [9.17, 15) is 13.2 Å². The van der Waals surface area contributed by atoms with Crippen molar-refractivity contribution >= 4 is 45.6 Å². The van der Waals surface area contributed by atoms with Gasteiger partial charge in [0.25, 0.3) is 0 Å². The molecule has 160 valence electrons. The van der Waals surface area contributed by atoms with Crippen LogP contribution in [0.4, 0.5) is 36.3 Å². The second kappa shape index (κ2) is 7.73. The number of nitrogens with zero attached hydrogens (tertiary/aromatic N) is 5. The van der Waals surface area contributed by atoms with E-state index in [0.29, 0.717) is 5.82 Å². The van der Waals surface area contributed by atoms with Gasteiger partial charge in [0, 0.05) is 42.7 Å². The van der Waals surface area contributed by atoms with Gasteiger partial charge in [-0.05, 0) is 49.4 Å². The molecule has 0 bridgehead atoms. The standard InChI is InChI=1S/C21H18ClF3N6/c1-12-15-11-14(5-7-18(15)29-31(12)3)30(2)19-8-9-26-20(28-19)27-13-4-6-17(22)16(10-13)21(23,24)25/h4-11H,1-3H3,(H,26,27,28). The van der Waals surface area contributed by atoms with E-state index in [1.165, 1.54) is 18.3 Å². The lowest BCUT2D eigenvalue weighted by Crippen LogP contribution is -2.12. The van der Waals surface area contributed by atoms with Crippen molar-refractivity contribution in [3.05, 3.63) is 64.9 Å². The molecule has 0 aliphatic carbocycles. The average Bonchev–Trinajstić information content (AvgIpc) is 3.01. The van der Waals surface area contributed by atoms with Crippen LogP contribution in [0.3, 0.4) is 0 Å². The number of anilines is 4. The number of alkyl halides is 3. The Bertz CT molecular complexity index is 1270. The number of hydrogen-bond donors (Lipinski definition) is 1. The summed E-state index contributed by atoms with van der Waals surface area (Å²) >= 11 is 5.68. The Morgan fingerprint density at radius 3 is 2.61 bits per heavy atom. The van der Waals surface area contributed by atoms with Crippen molar-refractivity contribution in [2.24, 2.45) is 7.05 Å². The number of benzene rings is 2. The van der Waals surface area contributed by atoms with Crippen molar-refractivity contribution in [1.82, 2.24) is 19.7 Å². The molecule has 2 aromatic heterocycles. The molecule has 2 aromatic carbocycles. The maximum atomic E-state index is 13.1. The highest BCUT2D eigenvalue weighted by molar-refractivity contribution is 6.31. The summed E-state index contributed by atoms with van der Waals surface area (Å²) < 4.78 is 41.2. The Kier molecular flexibility index (Phi) is 5.22. The highest BCUT2D eigenvalue weighted by Gasteiger charge is 2.33. The zero-order valence-electron chi connectivity index (χ0n) is 16.9. The molecule has 4 rings (SSSR count). The predicted octanol–water partition coefficient (Wildman–Crippen LogP) is 5.86. The number of fused-ring (bicyclic) bond motifs is 1. The number of aromatic nitrogens is 4. The molecule has 2 heterocycles. The fourth-order valence-electron chi connectivity index (χ4n) is 3.20. The molecular weight excluding hydrogens is 429 g/mol. The third kappa shape index (κ3) is 4.13. The van der Waals surface area contributed by atoms with Crippen molar-refractivity contribution in [2.45, 2.75) is 13.1 Å². The Labute approximate surface area is 181 Å². The van der Waals surface area contributed by atoms with Crippen LogP contribution in [0.15, 0.2) is 48.7 Å². The maximum Gasteiger partial charge on any atom is 0.417 e. The lowest BCUT2D eigenvalue weighted by Gasteiger charge is -2.19. The molecule has 6 nitrogen and oxygen atoms in total. The van der Waals surface area contributed by atoms with Crippen LogP contribution in [0.1, 0.15) is 11.3 Å². The first-order valence-electron chi connectivity index (χ1n) is 9.27. The van der Waals surface area contributed by atoms with E-state index >= 15 is 0 Å². The predicted molar refractivity (Wildman–Crippen MR) is 115 cm³/mol. The normalized spacial score (nSPS) is 11.7. The minimum Gasteiger partial charge on any atom is -0.329 e. The van der Waals surface area contributed by atoms with E-state index in [-0.39, 0.29) is 16.7 Å². The van der Waals surface area contributed by atoms with E-state index in [4.69, 9.17) is 11.6 Å². The lowest BCUT2D eigenvalue weighted by molar-refractivity contribution is -0.137. The van der Waals surface area contributed by atoms with Crippen molar-refractivity contribution in [1.29, 1.82) is 0 Å². The molecule has 0 aliphatic heterocycles. The fraction of sp³-hybridized carbons (Fsp3) is 0.190. The van der Waals surface area contributed by atoms with E-state index in [0.717, 1.165) is 28.4 Å². The third-order valence-corrected chi connectivity index (χ3v) is 5.34. The highest BCUT2D eigenvalue weighted by atomic mass is 35.5. The van der Waals surface area contributed by atoms with Crippen LogP contribution in [-0.4, -0.2) is 26.8 Å². The first-order chi connectivity index (χ1) is 14.6. The van der Waals surface area contributed by atoms with Gasteiger partial charge in [-0.1, -0.05) is 11.6 Å². The molecule has 10 heteroatoms. The molecule has 0 spiro atoms. The summed E-state index contributed by atoms with van der Waals surface area (Å²) in [7, 11) is 3.74. The van der Waals surface area contributed by atoms with Gasteiger partial charge in [0.05, 0.1) is 16.1 Å². The minimum absolute atomic E-state index is 0.165. The molecule has 0 saturated heterocycles. The fourth-order valence-corrected chi connectivity index (χ4v) is 3.42. The molecule has 0 atom stereocenters. The van der Waals surface area contributed by atoms with Crippen LogP contribution in [0.25, 0.3) is 10.9 Å². The van der Waals surface area contributed by atoms with E-state index in [1.807, 2.05) is 48.8 Å². The first-order valence-corrected chi connectivity index (χ1v) is 9.65. The van der Waals surface area contributed by atoms with Crippen molar-refractivity contribution < 1.29 is 13.2 Å². The molecule has 0 radical (unpaired) electrons. The summed E-state index contributed by atoms with van der Waals surface area (Å²) in [5.74, 6) is 0.738. The first kappa shape index (κ1) is 20.9. The number of nitrogens with one attached hydrogen (secondary N) is 1. The quantitative estimate of drug-likeness (QED) is 0.425. The molecule has 31 heavy (non-hydrogen) atoms. The summed E-state index contributed by atoms with van der Waals surface area (Å²) in [6.07, 6.45) is -3.02. The SMILES string of the molecule is Cc1c2cc(N(C)c3ccnc(Nc4ccc(Cl)c(C(F)(F)F)c4)n3)ccc2nn1C. The van der Waals surface area contributed by atoms with Crippen LogP contribution in [-0.2, 0) is 13.2 Å². The average molecular weight is 447 g/mol. The van der Waals surface area contributed by atoms with Crippen LogP contribution in [0.5, 0.6) is 0 Å². The molecular formula is C21H18ClF3N6. The topological polar surface area (TPSA) is 58.9 Å². The highest BCUT2D eigenvalue weighted by Crippen LogP contribution is 2.36. The summed E-state index contributed by atoms with van der Waals surface area (Å²) in [5, 5.41) is 7.92. The van der Waals surface area contributed by atoms with Crippen molar-refractivity contribution in [3.8, 4) is 0 Å². The van der Waals surface area contributed by atoms with Crippen molar-refractivity contribution in [2.75, 3.05) is 17.3 Å². The van der Waals surface area contributed by atoms with Gasteiger partial charge in [-0.15, -0.1) is 0 Å². The third-order valence-electron chi connectivity index (χ3n) is 5.01. The number of hydrogen-bond acceptors (Lipinski definition) is 5. The summed E-state index contributed by atoms with van der Waals surface area (Å²) in [4.78, 5) is 10.4. The second-order valence-corrected chi connectivity index (χ2v) is 7.43. The molecule has 1 N–H and O–H groups in total. The molecule has 4 aromatic rings.